The lowest BCUT2D eigenvalue weighted by Gasteiger charge is -2.22. The first-order chi connectivity index (χ1) is 9.58. The molecule has 108 valence electrons. The normalized spacial score (nSPS) is 12.8. The largest absolute Gasteiger partial charge is 0.468 e. The Morgan fingerprint density at radius 3 is 2.60 bits per heavy atom. The second-order valence-corrected chi connectivity index (χ2v) is 5.69. The molecule has 0 aliphatic heterocycles. The number of hydrogen-bond acceptors (Lipinski definition) is 3. The van der Waals surface area contributed by atoms with Crippen molar-refractivity contribution < 1.29 is 4.42 Å². The first-order valence-electron chi connectivity index (χ1n) is 6.42. The summed E-state index contributed by atoms with van der Waals surface area (Å²) in [6.45, 7) is 1.53. The smallest absolute Gasteiger partial charge is 0.122 e. The summed E-state index contributed by atoms with van der Waals surface area (Å²) in [7, 11) is 4.07. The second kappa shape index (κ2) is 7.14. The van der Waals surface area contributed by atoms with E-state index in [2.05, 4.69) is 10.2 Å². The van der Waals surface area contributed by atoms with Gasteiger partial charge >= 0.3 is 0 Å². The molecule has 20 heavy (non-hydrogen) atoms. The maximum atomic E-state index is 6.00. The predicted octanol–water partition coefficient (Wildman–Crippen LogP) is 3.98. The first kappa shape index (κ1) is 15.4. The lowest BCUT2D eigenvalue weighted by molar-refractivity contribution is 0.250. The number of nitrogens with one attached hydrogen (secondary N) is 1. The summed E-state index contributed by atoms with van der Waals surface area (Å²) in [5.41, 5.74) is 1.11. The molecule has 0 aliphatic carbocycles. The van der Waals surface area contributed by atoms with E-state index in [1.807, 2.05) is 44.4 Å². The molecule has 1 aromatic heterocycles. The van der Waals surface area contributed by atoms with Crippen LogP contribution in [0, 0.1) is 0 Å². The molecule has 3 nitrogen and oxygen atoms in total. The van der Waals surface area contributed by atoms with E-state index in [0.717, 1.165) is 24.4 Å². The number of hydrogen-bond donors (Lipinski definition) is 1. The van der Waals surface area contributed by atoms with Crippen LogP contribution in [0.3, 0.4) is 0 Å². The summed E-state index contributed by atoms with van der Waals surface area (Å²) in [6, 6.07) is 9.77. The molecule has 0 radical (unpaired) electrons. The third kappa shape index (κ3) is 4.00. The van der Waals surface area contributed by atoms with Crippen LogP contribution >= 0.6 is 23.2 Å². The second-order valence-electron chi connectivity index (χ2n) is 4.87. The van der Waals surface area contributed by atoms with Crippen LogP contribution < -0.4 is 5.32 Å². The summed E-state index contributed by atoms with van der Waals surface area (Å²) >= 11 is 11.9. The van der Waals surface area contributed by atoms with E-state index in [9.17, 15) is 0 Å². The van der Waals surface area contributed by atoms with Crippen LogP contribution in [-0.4, -0.2) is 25.5 Å². The standard InChI is InChI=1S/C15H18Cl2N2O/c1-19(2)14(15-4-3-7-20-15)10-18-9-11-5-6-12(16)13(17)8-11/h3-8,14,18H,9-10H2,1-2H3. The lowest BCUT2D eigenvalue weighted by Crippen LogP contribution is -2.30. The Morgan fingerprint density at radius 1 is 1.20 bits per heavy atom. The van der Waals surface area contributed by atoms with E-state index in [1.165, 1.54) is 0 Å². The van der Waals surface area contributed by atoms with Crippen molar-refractivity contribution in [1.82, 2.24) is 10.2 Å². The number of likely N-dealkylation sites (N-methyl/N-ethyl adjacent to an activating group) is 1. The Kier molecular flexibility index (Phi) is 5.49. The van der Waals surface area contributed by atoms with E-state index >= 15 is 0 Å². The van der Waals surface area contributed by atoms with Crippen LogP contribution in [0.2, 0.25) is 10.0 Å². The molecule has 1 aromatic carbocycles. The van der Waals surface area contributed by atoms with Gasteiger partial charge in [0.05, 0.1) is 22.4 Å². The third-order valence-electron chi connectivity index (χ3n) is 3.15. The minimum Gasteiger partial charge on any atom is -0.468 e. The van der Waals surface area contributed by atoms with Crippen molar-refractivity contribution in [3.05, 3.63) is 58.0 Å². The summed E-state index contributed by atoms with van der Waals surface area (Å²) in [5.74, 6) is 0.955. The van der Waals surface area contributed by atoms with Gasteiger partial charge in [0.15, 0.2) is 0 Å². The third-order valence-corrected chi connectivity index (χ3v) is 3.88. The van der Waals surface area contributed by atoms with Crippen LogP contribution in [0.4, 0.5) is 0 Å². The van der Waals surface area contributed by atoms with Gasteiger partial charge in [-0.15, -0.1) is 0 Å². The highest BCUT2D eigenvalue weighted by atomic mass is 35.5. The maximum Gasteiger partial charge on any atom is 0.122 e. The van der Waals surface area contributed by atoms with E-state index in [1.54, 1.807) is 6.26 Å². The summed E-state index contributed by atoms with van der Waals surface area (Å²) in [4.78, 5) is 2.13. The Balaban J connectivity index is 1.92. The van der Waals surface area contributed by atoms with Crippen molar-refractivity contribution in [2.24, 2.45) is 0 Å². The van der Waals surface area contributed by atoms with Crippen molar-refractivity contribution in [3.63, 3.8) is 0 Å². The number of furan rings is 1. The number of nitrogens with zero attached hydrogens (tertiary/aromatic N) is 1. The Hall–Kier alpha value is -1.00. The van der Waals surface area contributed by atoms with Gasteiger partial charge in [0, 0.05) is 13.1 Å². The van der Waals surface area contributed by atoms with E-state index < -0.39 is 0 Å². The van der Waals surface area contributed by atoms with Crippen LogP contribution in [-0.2, 0) is 6.54 Å². The number of halogens is 2. The minimum atomic E-state index is 0.202. The van der Waals surface area contributed by atoms with Crippen molar-refractivity contribution in [2.45, 2.75) is 12.6 Å². The molecule has 2 aromatic rings. The fourth-order valence-corrected chi connectivity index (χ4v) is 2.34. The monoisotopic (exact) mass is 312 g/mol. The lowest BCUT2D eigenvalue weighted by atomic mass is 10.2. The van der Waals surface area contributed by atoms with Crippen LogP contribution in [0.15, 0.2) is 41.0 Å². The number of benzene rings is 1. The van der Waals surface area contributed by atoms with Gasteiger partial charge in [-0.25, -0.2) is 0 Å². The SMILES string of the molecule is CN(C)C(CNCc1ccc(Cl)c(Cl)c1)c1ccco1. The molecular weight excluding hydrogens is 295 g/mol. The summed E-state index contributed by atoms with van der Waals surface area (Å²) < 4.78 is 5.47. The molecule has 0 fully saturated rings. The van der Waals surface area contributed by atoms with Gasteiger partial charge in [-0.3, -0.25) is 4.90 Å². The fourth-order valence-electron chi connectivity index (χ4n) is 2.02. The molecule has 1 N–H and O–H groups in total. The van der Waals surface area contributed by atoms with Gasteiger partial charge in [-0.05, 0) is 43.9 Å². The predicted molar refractivity (Wildman–Crippen MR) is 83.3 cm³/mol. The zero-order valence-corrected chi connectivity index (χ0v) is 13.1. The van der Waals surface area contributed by atoms with Crippen molar-refractivity contribution in [1.29, 1.82) is 0 Å². The Labute approximate surface area is 129 Å². The van der Waals surface area contributed by atoms with Crippen molar-refractivity contribution in [2.75, 3.05) is 20.6 Å². The Bertz CT molecular complexity index is 541. The highest BCUT2D eigenvalue weighted by Gasteiger charge is 2.16. The molecule has 5 heteroatoms. The highest BCUT2D eigenvalue weighted by Crippen LogP contribution is 2.23. The number of rotatable bonds is 6. The molecule has 1 heterocycles. The minimum absolute atomic E-state index is 0.202. The molecule has 0 aliphatic rings. The average Bonchev–Trinajstić information content (AvgIpc) is 2.92. The fraction of sp³-hybridized carbons (Fsp3) is 0.333. The highest BCUT2D eigenvalue weighted by molar-refractivity contribution is 6.42. The van der Waals surface area contributed by atoms with Crippen LogP contribution in [0.25, 0.3) is 0 Å². The summed E-state index contributed by atoms with van der Waals surface area (Å²) in [6.07, 6.45) is 1.70. The Morgan fingerprint density at radius 2 is 2.00 bits per heavy atom. The zero-order chi connectivity index (χ0) is 14.5. The molecule has 0 saturated carbocycles. The molecule has 0 saturated heterocycles. The molecule has 2 rings (SSSR count). The van der Waals surface area contributed by atoms with E-state index in [4.69, 9.17) is 27.6 Å². The van der Waals surface area contributed by atoms with Crippen LogP contribution in [0.1, 0.15) is 17.4 Å². The van der Waals surface area contributed by atoms with E-state index in [0.29, 0.717) is 10.0 Å². The summed E-state index contributed by atoms with van der Waals surface area (Å²) in [5, 5.41) is 4.58. The average molecular weight is 313 g/mol. The van der Waals surface area contributed by atoms with Crippen molar-refractivity contribution in [3.8, 4) is 0 Å². The van der Waals surface area contributed by atoms with Gasteiger partial charge in [-0.2, -0.15) is 0 Å². The van der Waals surface area contributed by atoms with Crippen molar-refractivity contribution >= 4 is 23.2 Å². The maximum absolute atomic E-state index is 6.00. The molecule has 0 amide bonds. The van der Waals surface area contributed by atoms with Gasteiger partial charge in [-0.1, -0.05) is 29.3 Å². The molecule has 0 spiro atoms. The quantitative estimate of drug-likeness (QED) is 0.874. The van der Waals surface area contributed by atoms with Gasteiger partial charge < -0.3 is 9.73 Å². The molecular formula is C15H18Cl2N2O. The molecule has 0 bridgehead atoms. The van der Waals surface area contributed by atoms with E-state index in [-0.39, 0.29) is 6.04 Å². The van der Waals surface area contributed by atoms with Gasteiger partial charge in [0.2, 0.25) is 0 Å². The molecule has 1 atom stereocenters. The van der Waals surface area contributed by atoms with Gasteiger partial charge in [0.25, 0.3) is 0 Å². The van der Waals surface area contributed by atoms with Gasteiger partial charge in [0.1, 0.15) is 5.76 Å². The molecule has 1 unspecified atom stereocenters. The topological polar surface area (TPSA) is 28.4 Å². The zero-order valence-electron chi connectivity index (χ0n) is 11.6. The van der Waals surface area contributed by atoms with Crippen LogP contribution in [0.5, 0.6) is 0 Å². The first-order valence-corrected chi connectivity index (χ1v) is 7.18.